The minimum atomic E-state index is -1.69. The van der Waals surface area contributed by atoms with E-state index in [-0.39, 0.29) is 23.4 Å². The molecule has 4 amide bonds. The Morgan fingerprint density at radius 3 is 2.37 bits per heavy atom. The van der Waals surface area contributed by atoms with Gasteiger partial charge in [-0.2, -0.15) is 0 Å². The van der Waals surface area contributed by atoms with Gasteiger partial charge in [-0.15, -0.1) is 0 Å². The van der Waals surface area contributed by atoms with Crippen LogP contribution in [0.4, 0.5) is 22.8 Å². The number of carbonyl (C=O) groups is 3. The minimum Gasteiger partial charge on any atom is -0.337 e. The molecule has 146 valence electrons. The topological polar surface area (TPSA) is 105 Å². The number of amides is 4. The van der Waals surface area contributed by atoms with Gasteiger partial charge in [0, 0.05) is 17.8 Å². The second kappa shape index (κ2) is 8.21. The van der Waals surface area contributed by atoms with Crippen molar-refractivity contribution in [2.24, 2.45) is 5.73 Å². The van der Waals surface area contributed by atoms with Gasteiger partial charge in [0.1, 0.15) is 0 Å². The van der Waals surface area contributed by atoms with Gasteiger partial charge in [-0.05, 0) is 44.5 Å². The van der Waals surface area contributed by atoms with Gasteiger partial charge >= 0.3 is 12.1 Å². The molecule has 0 fully saturated rings. The third kappa shape index (κ3) is 4.11. The standard InChI is InChI=1S/C17H19F3N4O3/c1-8-13(9(2)25)15(10-6-11(18)14(20)12(19)7-10)24(17(27)23-8)16(26)22-5-3-4-21/h6-7,15H,3-5,21H2,1-2H3,(H,22,26)(H,23,27). The molecule has 1 unspecified atom stereocenters. The van der Waals surface area contributed by atoms with E-state index < -0.39 is 41.3 Å². The van der Waals surface area contributed by atoms with Crippen LogP contribution in [0.5, 0.6) is 0 Å². The summed E-state index contributed by atoms with van der Waals surface area (Å²) in [4.78, 5) is 37.6. The zero-order valence-corrected chi connectivity index (χ0v) is 14.7. The van der Waals surface area contributed by atoms with E-state index in [2.05, 4.69) is 10.6 Å². The highest BCUT2D eigenvalue weighted by Crippen LogP contribution is 2.35. The quantitative estimate of drug-likeness (QED) is 0.534. The molecule has 1 heterocycles. The van der Waals surface area contributed by atoms with Crippen LogP contribution in [0.3, 0.4) is 0 Å². The first kappa shape index (κ1) is 20.4. The molecule has 0 radical (unpaired) electrons. The Labute approximate surface area is 153 Å². The van der Waals surface area contributed by atoms with E-state index in [1.165, 1.54) is 13.8 Å². The molecule has 1 aliphatic rings. The number of benzene rings is 1. The lowest BCUT2D eigenvalue weighted by molar-refractivity contribution is -0.114. The van der Waals surface area contributed by atoms with Gasteiger partial charge < -0.3 is 16.4 Å². The molecular weight excluding hydrogens is 365 g/mol. The van der Waals surface area contributed by atoms with Crippen LogP contribution < -0.4 is 16.4 Å². The maximum absolute atomic E-state index is 13.7. The Morgan fingerprint density at radius 1 is 1.26 bits per heavy atom. The summed E-state index contributed by atoms with van der Waals surface area (Å²) < 4.78 is 40.8. The molecule has 0 aliphatic carbocycles. The highest BCUT2D eigenvalue weighted by atomic mass is 19.2. The summed E-state index contributed by atoms with van der Waals surface area (Å²) in [7, 11) is 0. The molecule has 1 atom stereocenters. The smallest absolute Gasteiger partial charge is 0.330 e. The van der Waals surface area contributed by atoms with Crippen molar-refractivity contribution in [2.75, 3.05) is 13.1 Å². The Bertz CT molecular complexity index is 803. The number of imide groups is 1. The van der Waals surface area contributed by atoms with E-state index in [0.717, 1.165) is 0 Å². The Balaban J connectivity index is 2.58. The number of nitrogens with zero attached hydrogens (tertiary/aromatic N) is 1. The fourth-order valence-electron chi connectivity index (χ4n) is 2.84. The van der Waals surface area contributed by atoms with E-state index >= 15 is 0 Å². The van der Waals surface area contributed by atoms with Crippen molar-refractivity contribution in [3.63, 3.8) is 0 Å². The first-order valence-electron chi connectivity index (χ1n) is 8.13. The van der Waals surface area contributed by atoms with E-state index in [0.29, 0.717) is 30.0 Å². The van der Waals surface area contributed by atoms with Crippen LogP contribution in [0.1, 0.15) is 31.9 Å². The third-order valence-electron chi connectivity index (χ3n) is 4.03. The number of urea groups is 2. The molecule has 2 rings (SSSR count). The summed E-state index contributed by atoms with van der Waals surface area (Å²) in [6.45, 7) is 3.05. The van der Waals surface area contributed by atoms with E-state index in [4.69, 9.17) is 5.73 Å². The van der Waals surface area contributed by atoms with Gasteiger partial charge in [0.2, 0.25) is 0 Å². The fraction of sp³-hybridized carbons (Fsp3) is 0.353. The number of hydrogen-bond acceptors (Lipinski definition) is 4. The Morgan fingerprint density at radius 2 is 1.85 bits per heavy atom. The summed E-state index contributed by atoms with van der Waals surface area (Å²) in [5, 5.41) is 4.82. The molecule has 27 heavy (non-hydrogen) atoms. The monoisotopic (exact) mass is 384 g/mol. The first-order valence-corrected chi connectivity index (χ1v) is 8.13. The highest BCUT2D eigenvalue weighted by Gasteiger charge is 2.40. The molecular formula is C17H19F3N4O3. The van der Waals surface area contributed by atoms with Crippen LogP contribution in [0.25, 0.3) is 0 Å². The van der Waals surface area contributed by atoms with Crippen molar-refractivity contribution in [1.82, 2.24) is 15.5 Å². The van der Waals surface area contributed by atoms with Crippen LogP contribution in [0.15, 0.2) is 23.4 Å². The maximum Gasteiger partial charge on any atom is 0.330 e. The SMILES string of the molecule is CC(=O)C1=C(C)NC(=O)N(C(=O)NCCCN)C1c1cc(F)c(F)c(F)c1. The normalized spacial score (nSPS) is 17.0. The molecule has 1 aliphatic heterocycles. The average Bonchev–Trinajstić information content (AvgIpc) is 2.58. The summed E-state index contributed by atoms with van der Waals surface area (Å²) in [5.74, 6) is -5.22. The lowest BCUT2D eigenvalue weighted by Gasteiger charge is -2.36. The molecule has 0 saturated carbocycles. The van der Waals surface area contributed by atoms with Crippen molar-refractivity contribution in [3.05, 3.63) is 46.4 Å². The predicted molar refractivity (Wildman–Crippen MR) is 89.9 cm³/mol. The maximum atomic E-state index is 13.7. The summed E-state index contributed by atoms with van der Waals surface area (Å²) in [6, 6.07) is -1.89. The van der Waals surface area contributed by atoms with Crippen LogP contribution in [0.2, 0.25) is 0 Å². The van der Waals surface area contributed by atoms with E-state index in [1.54, 1.807) is 0 Å². The summed E-state index contributed by atoms with van der Waals surface area (Å²) in [5.41, 5.74) is 5.19. The van der Waals surface area contributed by atoms with Gasteiger partial charge in [-0.3, -0.25) is 4.79 Å². The number of nitrogens with one attached hydrogen (secondary N) is 2. The average molecular weight is 384 g/mol. The lowest BCUT2D eigenvalue weighted by Crippen LogP contribution is -2.54. The van der Waals surface area contributed by atoms with Crippen molar-refractivity contribution >= 4 is 17.8 Å². The van der Waals surface area contributed by atoms with Crippen LogP contribution in [-0.2, 0) is 4.79 Å². The van der Waals surface area contributed by atoms with Gasteiger partial charge in [-0.25, -0.2) is 27.7 Å². The number of halogens is 3. The number of hydrogen-bond donors (Lipinski definition) is 3. The minimum absolute atomic E-state index is 0.0472. The van der Waals surface area contributed by atoms with E-state index in [9.17, 15) is 27.6 Å². The number of rotatable bonds is 5. The highest BCUT2D eigenvalue weighted by molar-refractivity contribution is 6.03. The molecule has 0 spiro atoms. The predicted octanol–water partition coefficient (Wildman–Crippen LogP) is 2.09. The number of allylic oxidation sites excluding steroid dienone is 1. The molecule has 10 heteroatoms. The van der Waals surface area contributed by atoms with Crippen molar-refractivity contribution < 1.29 is 27.6 Å². The molecule has 7 nitrogen and oxygen atoms in total. The van der Waals surface area contributed by atoms with Crippen molar-refractivity contribution in [1.29, 1.82) is 0 Å². The van der Waals surface area contributed by atoms with Crippen LogP contribution in [0, 0.1) is 17.5 Å². The number of ketones is 1. The van der Waals surface area contributed by atoms with Gasteiger partial charge in [0.15, 0.2) is 23.2 Å². The van der Waals surface area contributed by atoms with Gasteiger partial charge in [0.05, 0.1) is 6.04 Å². The number of carbonyl (C=O) groups excluding carboxylic acids is 3. The van der Waals surface area contributed by atoms with Crippen molar-refractivity contribution in [3.8, 4) is 0 Å². The molecule has 0 saturated heterocycles. The molecule has 0 bridgehead atoms. The first-order chi connectivity index (χ1) is 12.7. The lowest BCUT2D eigenvalue weighted by atomic mass is 9.91. The van der Waals surface area contributed by atoms with Crippen LogP contribution >= 0.6 is 0 Å². The Kier molecular flexibility index (Phi) is 6.21. The van der Waals surface area contributed by atoms with Gasteiger partial charge in [-0.1, -0.05) is 0 Å². The third-order valence-corrected chi connectivity index (χ3v) is 4.03. The van der Waals surface area contributed by atoms with E-state index in [1.807, 2.05) is 0 Å². The van der Waals surface area contributed by atoms with Crippen molar-refractivity contribution in [2.45, 2.75) is 26.3 Å². The zero-order chi connectivity index (χ0) is 20.3. The molecule has 0 aromatic heterocycles. The second-order valence-corrected chi connectivity index (χ2v) is 5.97. The second-order valence-electron chi connectivity index (χ2n) is 5.97. The zero-order valence-electron chi connectivity index (χ0n) is 14.7. The molecule has 1 aromatic rings. The summed E-state index contributed by atoms with van der Waals surface area (Å²) >= 11 is 0. The number of Topliss-reactive ketones (excluding diaryl/α,β-unsaturated/α-hetero) is 1. The van der Waals surface area contributed by atoms with Crippen LogP contribution in [-0.4, -0.2) is 35.8 Å². The largest absolute Gasteiger partial charge is 0.337 e. The Hall–Kier alpha value is -2.88. The summed E-state index contributed by atoms with van der Waals surface area (Å²) in [6.07, 6.45) is 0.431. The fourth-order valence-corrected chi connectivity index (χ4v) is 2.84. The molecule has 4 N–H and O–H groups in total. The molecule has 1 aromatic carbocycles. The number of nitrogens with two attached hydrogens (primary N) is 1. The van der Waals surface area contributed by atoms with Gasteiger partial charge in [0.25, 0.3) is 0 Å².